The van der Waals surface area contributed by atoms with Crippen LogP contribution in [0.25, 0.3) is 10.2 Å². The first-order valence-corrected chi connectivity index (χ1v) is 11.7. The molecule has 1 aliphatic rings. The fraction of sp³-hybridized carbons (Fsp3) is 0.333. The average molecular weight is 468 g/mol. The van der Waals surface area contributed by atoms with Crippen LogP contribution in [0.5, 0.6) is 0 Å². The van der Waals surface area contributed by atoms with Gasteiger partial charge in [0, 0.05) is 32.7 Å². The molecule has 3 nitrogen and oxygen atoms in total. The molecule has 0 spiro atoms. The fourth-order valence-electron chi connectivity index (χ4n) is 3.34. The molecule has 158 valence electrons. The zero-order valence-corrected chi connectivity index (χ0v) is 18.5. The van der Waals surface area contributed by atoms with Crippen LogP contribution in [-0.4, -0.2) is 45.3 Å². The number of alkyl halides is 3. The molecule has 30 heavy (non-hydrogen) atoms. The van der Waals surface area contributed by atoms with Gasteiger partial charge >= 0.3 is 6.18 Å². The molecule has 1 aromatic heterocycles. The molecule has 0 N–H and O–H groups in total. The molecule has 0 amide bonds. The van der Waals surface area contributed by atoms with Crippen LogP contribution in [0.1, 0.15) is 16.1 Å². The van der Waals surface area contributed by atoms with E-state index in [4.69, 9.17) is 12.2 Å². The van der Waals surface area contributed by atoms with Crippen molar-refractivity contribution in [2.45, 2.75) is 18.5 Å². The third kappa shape index (κ3) is 5.32. The Kier molecular flexibility index (Phi) is 6.62. The summed E-state index contributed by atoms with van der Waals surface area (Å²) in [4.78, 5) is 9.11. The Morgan fingerprint density at radius 1 is 1.03 bits per heavy atom. The first-order chi connectivity index (χ1) is 14.4. The zero-order valence-electron chi connectivity index (χ0n) is 16.1. The molecule has 0 radical (unpaired) electrons. The maximum atomic E-state index is 12.7. The smallest absolute Gasteiger partial charge is 0.355 e. The number of rotatable bonds is 4. The van der Waals surface area contributed by atoms with Crippen molar-refractivity contribution in [3.8, 4) is 0 Å². The van der Waals surface area contributed by atoms with Gasteiger partial charge in [-0.25, -0.2) is 4.98 Å². The fourth-order valence-corrected chi connectivity index (χ4v) is 5.55. The number of para-hydroxylation sites is 1. The van der Waals surface area contributed by atoms with Crippen LogP contribution in [0.2, 0.25) is 0 Å². The predicted molar refractivity (Wildman–Crippen MR) is 122 cm³/mol. The third-order valence-corrected chi connectivity index (χ3v) is 7.73. The molecular formula is C21H20F3N3S3. The number of piperazine rings is 1. The minimum absolute atomic E-state index is 0.605. The first kappa shape index (κ1) is 21.5. The van der Waals surface area contributed by atoms with E-state index in [1.54, 1.807) is 35.2 Å². The summed E-state index contributed by atoms with van der Waals surface area (Å²) in [7, 11) is 0. The quantitative estimate of drug-likeness (QED) is 0.461. The molecule has 2 aromatic carbocycles. The maximum absolute atomic E-state index is 12.7. The Morgan fingerprint density at radius 2 is 1.73 bits per heavy atom. The van der Waals surface area contributed by atoms with E-state index in [1.165, 1.54) is 4.70 Å². The Labute approximate surface area is 186 Å². The Hall–Kier alpha value is -1.68. The summed E-state index contributed by atoms with van der Waals surface area (Å²) < 4.78 is 40.1. The van der Waals surface area contributed by atoms with Gasteiger partial charge in [-0.05, 0) is 29.8 Å². The average Bonchev–Trinajstić information content (AvgIpc) is 3.15. The van der Waals surface area contributed by atoms with Crippen molar-refractivity contribution < 1.29 is 13.2 Å². The van der Waals surface area contributed by atoms with Crippen LogP contribution in [0, 0.1) is 0 Å². The third-order valence-electron chi connectivity index (χ3n) is 4.98. The second-order valence-electron chi connectivity index (χ2n) is 7.09. The van der Waals surface area contributed by atoms with Gasteiger partial charge in [-0.15, -0.1) is 11.3 Å². The molecule has 4 rings (SSSR count). The number of thiazole rings is 1. The van der Waals surface area contributed by atoms with Crippen molar-refractivity contribution >= 4 is 49.9 Å². The number of benzene rings is 2. The molecule has 1 saturated heterocycles. The molecule has 0 unspecified atom stereocenters. The van der Waals surface area contributed by atoms with Crippen molar-refractivity contribution in [3.05, 3.63) is 64.7 Å². The van der Waals surface area contributed by atoms with Crippen molar-refractivity contribution in [3.63, 3.8) is 0 Å². The van der Waals surface area contributed by atoms with Crippen molar-refractivity contribution in [1.82, 2.24) is 14.8 Å². The van der Waals surface area contributed by atoms with Crippen LogP contribution in [-0.2, 0) is 18.5 Å². The molecule has 1 fully saturated rings. The van der Waals surface area contributed by atoms with Gasteiger partial charge in [-0.1, -0.05) is 48.2 Å². The number of nitrogens with zero attached hydrogens (tertiary/aromatic N) is 3. The second kappa shape index (κ2) is 9.21. The van der Waals surface area contributed by atoms with Crippen LogP contribution >= 0.6 is 35.3 Å². The standard InChI is InChI=1S/C21H20F3N3S3/c22-21(23,24)16-7-5-15(6-8-16)13-26-9-11-27(12-10-26)20(28)29-14-19-25-17-3-1-2-4-18(17)30-19/h1-8H,9-14H2. The highest BCUT2D eigenvalue weighted by Gasteiger charge is 2.30. The molecular weight excluding hydrogens is 447 g/mol. The Bertz CT molecular complexity index is 977. The Morgan fingerprint density at radius 3 is 2.40 bits per heavy atom. The van der Waals surface area contributed by atoms with Crippen LogP contribution < -0.4 is 0 Å². The minimum Gasteiger partial charge on any atom is -0.355 e. The number of fused-ring (bicyclic) bond motifs is 1. The van der Waals surface area contributed by atoms with Gasteiger partial charge < -0.3 is 4.90 Å². The van der Waals surface area contributed by atoms with E-state index in [-0.39, 0.29) is 0 Å². The molecule has 0 aliphatic carbocycles. The highest BCUT2D eigenvalue weighted by atomic mass is 32.2. The zero-order chi connectivity index (χ0) is 21.1. The summed E-state index contributed by atoms with van der Waals surface area (Å²) >= 11 is 8.95. The lowest BCUT2D eigenvalue weighted by Gasteiger charge is -2.35. The molecule has 0 atom stereocenters. The number of thiocarbonyl (C=S) groups is 1. The number of aromatic nitrogens is 1. The molecule has 3 aromatic rings. The second-order valence-corrected chi connectivity index (χ2v) is 9.81. The summed E-state index contributed by atoms with van der Waals surface area (Å²) in [6.45, 7) is 3.97. The molecule has 2 heterocycles. The highest BCUT2D eigenvalue weighted by Crippen LogP contribution is 2.29. The van der Waals surface area contributed by atoms with Gasteiger partial charge in [-0.2, -0.15) is 13.2 Å². The van der Waals surface area contributed by atoms with Gasteiger partial charge in [0.05, 0.1) is 21.5 Å². The van der Waals surface area contributed by atoms with Crippen LogP contribution in [0.15, 0.2) is 48.5 Å². The van der Waals surface area contributed by atoms with E-state index in [0.29, 0.717) is 6.54 Å². The number of thioether (sulfide) groups is 1. The van der Waals surface area contributed by atoms with Crippen molar-refractivity contribution in [1.29, 1.82) is 0 Å². The normalized spacial score (nSPS) is 15.6. The topological polar surface area (TPSA) is 19.4 Å². The van der Waals surface area contributed by atoms with Gasteiger partial charge in [-0.3, -0.25) is 4.90 Å². The summed E-state index contributed by atoms with van der Waals surface area (Å²) in [6, 6.07) is 13.5. The van der Waals surface area contributed by atoms with E-state index in [2.05, 4.69) is 20.9 Å². The number of hydrogen-bond donors (Lipinski definition) is 0. The lowest BCUT2D eigenvalue weighted by molar-refractivity contribution is -0.137. The number of hydrogen-bond acceptors (Lipinski definition) is 5. The van der Waals surface area contributed by atoms with Gasteiger partial charge in [0.2, 0.25) is 0 Å². The number of halogens is 3. The lowest BCUT2D eigenvalue weighted by atomic mass is 10.1. The first-order valence-electron chi connectivity index (χ1n) is 9.53. The van der Waals surface area contributed by atoms with Crippen molar-refractivity contribution in [2.75, 3.05) is 26.2 Å². The summed E-state index contributed by atoms with van der Waals surface area (Å²) in [6.07, 6.45) is -4.29. The minimum atomic E-state index is -4.29. The van der Waals surface area contributed by atoms with Gasteiger partial charge in [0.25, 0.3) is 0 Å². The van der Waals surface area contributed by atoms with Gasteiger partial charge in [0.15, 0.2) is 0 Å². The van der Waals surface area contributed by atoms with Crippen molar-refractivity contribution in [2.24, 2.45) is 0 Å². The molecule has 1 aliphatic heterocycles. The summed E-state index contributed by atoms with van der Waals surface area (Å²) in [5, 5.41) is 1.07. The SMILES string of the molecule is FC(F)(F)c1ccc(CN2CCN(C(=S)SCc3nc4ccccc4s3)CC2)cc1. The lowest BCUT2D eigenvalue weighted by Crippen LogP contribution is -2.47. The summed E-state index contributed by atoms with van der Waals surface area (Å²) in [5.41, 5.74) is 1.32. The van der Waals surface area contributed by atoms with E-state index < -0.39 is 11.7 Å². The summed E-state index contributed by atoms with van der Waals surface area (Å²) in [5.74, 6) is 0.768. The highest BCUT2D eigenvalue weighted by molar-refractivity contribution is 8.22. The largest absolute Gasteiger partial charge is 0.416 e. The van der Waals surface area contributed by atoms with E-state index in [1.807, 2.05) is 18.2 Å². The molecule has 9 heteroatoms. The van der Waals surface area contributed by atoms with E-state index in [9.17, 15) is 13.2 Å². The molecule has 0 saturated carbocycles. The van der Waals surface area contributed by atoms with Crippen LogP contribution in [0.4, 0.5) is 13.2 Å². The van der Waals surface area contributed by atoms with E-state index >= 15 is 0 Å². The molecule has 0 bridgehead atoms. The Balaban J connectivity index is 1.24. The maximum Gasteiger partial charge on any atom is 0.416 e. The van der Waals surface area contributed by atoms with Gasteiger partial charge in [0.1, 0.15) is 9.33 Å². The van der Waals surface area contributed by atoms with E-state index in [0.717, 1.165) is 64.5 Å². The van der Waals surface area contributed by atoms with Crippen LogP contribution in [0.3, 0.4) is 0 Å². The monoisotopic (exact) mass is 467 g/mol. The predicted octanol–water partition coefficient (Wildman–Crippen LogP) is 5.65.